The van der Waals surface area contributed by atoms with Crippen molar-refractivity contribution in [2.75, 3.05) is 7.11 Å². The van der Waals surface area contributed by atoms with E-state index in [4.69, 9.17) is 0 Å². The van der Waals surface area contributed by atoms with Crippen LogP contribution >= 0.6 is 0 Å². The minimum Gasteiger partial charge on any atom is -0.467 e. The van der Waals surface area contributed by atoms with Crippen LogP contribution in [0.25, 0.3) is 0 Å². The third-order valence-electron chi connectivity index (χ3n) is 2.96. The number of allylic oxidation sites excluding steroid dienone is 1. The molecule has 0 spiro atoms. The van der Waals surface area contributed by atoms with E-state index in [0.717, 1.165) is 5.56 Å². The van der Waals surface area contributed by atoms with Gasteiger partial charge in [-0.25, -0.2) is 4.79 Å². The fourth-order valence-electron chi connectivity index (χ4n) is 1.84. The van der Waals surface area contributed by atoms with Crippen LogP contribution < -0.4 is 5.32 Å². The molecule has 1 aromatic carbocycles. The number of hydrogen-bond donors (Lipinski definition) is 1. The normalized spacial score (nSPS) is 11.4. The molecule has 1 N–H and O–H groups in total. The number of ether oxygens (including phenoxy) is 1. The molecule has 1 rings (SSSR count). The average Bonchev–Trinajstić information content (AvgIpc) is 2.49. The molecule has 108 valence electrons. The van der Waals surface area contributed by atoms with Crippen molar-refractivity contribution in [2.24, 2.45) is 0 Å². The molecule has 0 saturated carbocycles. The van der Waals surface area contributed by atoms with Crippen molar-refractivity contribution < 1.29 is 14.3 Å². The van der Waals surface area contributed by atoms with Crippen LogP contribution in [-0.4, -0.2) is 25.0 Å². The lowest BCUT2D eigenvalue weighted by atomic mass is 10.1. The maximum absolute atomic E-state index is 11.9. The number of amides is 1. The van der Waals surface area contributed by atoms with E-state index in [1.165, 1.54) is 7.11 Å². The number of methoxy groups -OCH3 is 1. The van der Waals surface area contributed by atoms with Gasteiger partial charge in [0.2, 0.25) is 5.91 Å². The van der Waals surface area contributed by atoms with E-state index >= 15 is 0 Å². The van der Waals surface area contributed by atoms with Crippen molar-refractivity contribution in [2.45, 2.75) is 31.7 Å². The minimum absolute atomic E-state index is 0.145. The molecule has 4 heteroatoms. The van der Waals surface area contributed by atoms with Crippen LogP contribution in [0.5, 0.6) is 0 Å². The van der Waals surface area contributed by atoms with Crippen molar-refractivity contribution in [3.8, 4) is 0 Å². The Bertz CT molecular complexity index is 442. The Kier molecular flexibility index (Phi) is 7.11. The van der Waals surface area contributed by atoms with Gasteiger partial charge in [0.05, 0.1) is 7.11 Å². The van der Waals surface area contributed by atoms with Gasteiger partial charge in [-0.15, -0.1) is 6.58 Å². The monoisotopic (exact) mass is 275 g/mol. The van der Waals surface area contributed by atoms with Crippen LogP contribution in [-0.2, 0) is 20.7 Å². The Morgan fingerprint density at radius 3 is 2.65 bits per heavy atom. The summed E-state index contributed by atoms with van der Waals surface area (Å²) in [4.78, 5) is 23.4. The molecular formula is C16H21NO3. The van der Waals surface area contributed by atoms with Crippen molar-refractivity contribution >= 4 is 11.9 Å². The van der Waals surface area contributed by atoms with Gasteiger partial charge in [-0.1, -0.05) is 36.4 Å². The molecule has 20 heavy (non-hydrogen) atoms. The summed E-state index contributed by atoms with van der Waals surface area (Å²) >= 11 is 0. The lowest BCUT2D eigenvalue weighted by Gasteiger charge is -2.15. The molecule has 0 fully saturated rings. The molecule has 0 aliphatic carbocycles. The molecule has 0 aromatic heterocycles. The number of carbonyl (C=O) groups is 2. The topological polar surface area (TPSA) is 55.4 Å². The summed E-state index contributed by atoms with van der Waals surface area (Å²) in [5.74, 6) is -0.562. The van der Waals surface area contributed by atoms with E-state index in [2.05, 4.69) is 16.6 Å². The van der Waals surface area contributed by atoms with Gasteiger partial charge in [-0.3, -0.25) is 4.79 Å². The fourth-order valence-corrected chi connectivity index (χ4v) is 1.84. The highest BCUT2D eigenvalue weighted by Gasteiger charge is 2.20. The van der Waals surface area contributed by atoms with Gasteiger partial charge in [-0.05, 0) is 24.8 Å². The third-order valence-corrected chi connectivity index (χ3v) is 2.96. The van der Waals surface area contributed by atoms with Crippen molar-refractivity contribution in [3.05, 3.63) is 48.6 Å². The summed E-state index contributed by atoms with van der Waals surface area (Å²) in [6.07, 6.45) is 3.88. The Hall–Kier alpha value is -2.10. The molecular weight excluding hydrogens is 254 g/mol. The van der Waals surface area contributed by atoms with Crippen LogP contribution in [0, 0.1) is 0 Å². The number of benzene rings is 1. The Labute approximate surface area is 119 Å². The highest BCUT2D eigenvalue weighted by atomic mass is 16.5. The zero-order valence-electron chi connectivity index (χ0n) is 11.8. The van der Waals surface area contributed by atoms with Crippen LogP contribution in [0.15, 0.2) is 43.0 Å². The van der Waals surface area contributed by atoms with E-state index in [0.29, 0.717) is 25.7 Å². The molecule has 0 radical (unpaired) electrons. The summed E-state index contributed by atoms with van der Waals surface area (Å²) in [5.41, 5.74) is 1.10. The van der Waals surface area contributed by atoms with Gasteiger partial charge in [-0.2, -0.15) is 0 Å². The first-order valence-corrected chi connectivity index (χ1v) is 6.69. The number of nitrogens with one attached hydrogen (secondary N) is 1. The molecule has 0 unspecified atom stereocenters. The Morgan fingerprint density at radius 2 is 2.05 bits per heavy atom. The Morgan fingerprint density at radius 1 is 1.35 bits per heavy atom. The summed E-state index contributed by atoms with van der Waals surface area (Å²) < 4.78 is 4.69. The van der Waals surface area contributed by atoms with Gasteiger partial charge < -0.3 is 10.1 Å². The van der Waals surface area contributed by atoms with Gasteiger partial charge in [0.1, 0.15) is 6.04 Å². The quantitative estimate of drug-likeness (QED) is 0.585. The van der Waals surface area contributed by atoms with Crippen LogP contribution in [0.4, 0.5) is 0 Å². The fraction of sp³-hybridized carbons (Fsp3) is 0.375. The molecule has 0 bridgehead atoms. The standard InChI is InChI=1S/C16H21NO3/c1-3-4-10-14(16(19)20-2)17-15(18)12-11-13-8-6-5-7-9-13/h3,5-9,14H,1,4,10-12H2,2H3,(H,17,18)/t14-/m1/s1. The molecule has 0 aliphatic heterocycles. The largest absolute Gasteiger partial charge is 0.467 e. The maximum atomic E-state index is 11.9. The predicted molar refractivity (Wildman–Crippen MR) is 78.1 cm³/mol. The number of esters is 1. The van der Waals surface area contributed by atoms with Crippen LogP contribution in [0.3, 0.4) is 0 Å². The minimum atomic E-state index is -0.596. The predicted octanol–water partition coefficient (Wildman–Crippen LogP) is 2.24. The second-order valence-corrected chi connectivity index (χ2v) is 4.49. The van der Waals surface area contributed by atoms with E-state index in [9.17, 15) is 9.59 Å². The number of rotatable bonds is 8. The zero-order chi connectivity index (χ0) is 14.8. The first kappa shape index (κ1) is 16.0. The molecule has 0 saturated heterocycles. The molecule has 1 aromatic rings. The van der Waals surface area contributed by atoms with E-state index in [1.54, 1.807) is 6.08 Å². The third kappa shape index (κ3) is 5.69. The van der Waals surface area contributed by atoms with E-state index in [1.807, 2.05) is 30.3 Å². The number of hydrogen-bond acceptors (Lipinski definition) is 3. The summed E-state index contributed by atoms with van der Waals surface area (Å²) in [6, 6.07) is 9.17. The van der Waals surface area contributed by atoms with Crippen LogP contribution in [0.1, 0.15) is 24.8 Å². The maximum Gasteiger partial charge on any atom is 0.328 e. The second kappa shape index (κ2) is 8.91. The van der Waals surface area contributed by atoms with Crippen molar-refractivity contribution in [1.82, 2.24) is 5.32 Å². The highest BCUT2D eigenvalue weighted by Crippen LogP contribution is 2.04. The van der Waals surface area contributed by atoms with E-state index < -0.39 is 12.0 Å². The van der Waals surface area contributed by atoms with Crippen molar-refractivity contribution in [3.63, 3.8) is 0 Å². The SMILES string of the molecule is C=CCC[C@@H](NC(=O)CCc1ccccc1)C(=O)OC. The number of aryl methyl sites for hydroxylation is 1. The molecule has 1 atom stereocenters. The van der Waals surface area contributed by atoms with Gasteiger partial charge in [0.15, 0.2) is 0 Å². The summed E-state index contributed by atoms with van der Waals surface area (Å²) in [5, 5.41) is 2.71. The lowest BCUT2D eigenvalue weighted by Crippen LogP contribution is -2.41. The molecule has 0 aliphatic rings. The average molecular weight is 275 g/mol. The smallest absolute Gasteiger partial charge is 0.328 e. The van der Waals surface area contributed by atoms with Crippen LogP contribution in [0.2, 0.25) is 0 Å². The molecule has 4 nitrogen and oxygen atoms in total. The lowest BCUT2D eigenvalue weighted by molar-refractivity contribution is -0.145. The molecule has 0 heterocycles. The highest BCUT2D eigenvalue weighted by molar-refractivity contribution is 5.84. The first-order valence-electron chi connectivity index (χ1n) is 6.69. The van der Waals surface area contributed by atoms with Gasteiger partial charge in [0, 0.05) is 6.42 Å². The number of carbonyl (C=O) groups excluding carboxylic acids is 2. The Balaban J connectivity index is 2.44. The first-order chi connectivity index (χ1) is 9.67. The van der Waals surface area contributed by atoms with Crippen molar-refractivity contribution in [1.29, 1.82) is 0 Å². The van der Waals surface area contributed by atoms with Gasteiger partial charge in [0.25, 0.3) is 0 Å². The zero-order valence-corrected chi connectivity index (χ0v) is 11.8. The molecule has 1 amide bonds. The summed E-state index contributed by atoms with van der Waals surface area (Å²) in [7, 11) is 1.32. The second-order valence-electron chi connectivity index (χ2n) is 4.49. The van der Waals surface area contributed by atoms with E-state index in [-0.39, 0.29) is 5.91 Å². The summed E-state index contributed by atoms with van der Waals surface area (Å²) in [6.45, 7) is 3.61. The van der Waals surface area contributed by atoms with Gasteiger partial charge >= 0.3 is 5.97 Å².